The van der Waals surface area contributed by atoms with Crippen molar-refractivity contribution in [3.05, 3.63) is 58.6 Å². The lowest BCUT2D eigenvalue weighted by Crippen LogP contribution is -1.90. The molecule has 0 atom stereocenters. The van der Waals surface area contributed by atoms with Crippen LogP contribution in [0.15, 0.2) is 42.5 Å². The van der Waals surface area contributed by atoms with Gasteiger partial charge in [-0.15, -0.1) is 11.6 Å². The van der Waals surface area contributed by atoms with Crippen molar-refractivity contribution >= 4 is 23.2 Å². The average Bonchev–Trinajstić information content (AvgIpc) is 2.43. The quantitative estimate of drug-likeness (QED) is 0.631. The van der Waals surface area contributed by atoms with Crippen molar-refractivity contribution in [2.24, 2.45) is 0 Å². The van der Waals surface area contributed by atoms with Crippen LogP contribution in [0.5, 0.6) is 11.5 Å². The molecule has 19 heavy (non-hydrogen) atoms. The molecule has 2 rings (SSSR count). The molecule has 0 spiro atoms. The minimum atomic E-state index is 0.379. The number of aryl methyl sites for hydroxylation is 1. The summed E-state index contributed by atoms with van der Waals surface area (Å²) in [6, 6.07) is 13.6. The Bertz CT molecular complexity index is 535. The third-order valence-electron chi connectivity index (χ3n) is 2.86. The van der Waals surface area contributed by atoms with Gasteiger partial charge in [-0.3, -0.25) is 0 Å². The Balaban J connectivity index is 2.16. The Labute approximate surface area is 124 Å². The molecule has 0 aliphatic rings. The van der Waals surface area contributed by atoms with Crippen LogP contribution in [0.4, 0.5) is 0 Å². The summed E-state index contributed by atoms with van der Waals surface area (Å²) >= 11 is 11.8. The van der Waals surface area contributed by atoms with Crippen LogP contribution < -0.4 is 4.74 Å². The van der Waals surface area contributed by atoms with E-state index in [-0.39, 0.29) is 0 Å². The van der Waals surface area contributed by atoms with Crippen molar-refractivity contribution in [2.45, 2.75) is 25.6 Å². The van der Waals surface area contributed by atoms with Gasteiger partial charge < -0.3 is 4.74 Å². The van der Waals surface area contributed by atoms with Gasteiger partial charge in [-0.2, -0.15) is 0 Å². The van der Waals surface area contributed by atoms with Crippen molar-refractivity contribution in [1.82, 2.24) is 0 Å². The summed E-state index contributed by atoms with van der Waals surface area (Å²) in [5, 5.41) is 0.668. The van der Waals surface area contributed by atoms with Crippen molar-refractivity contribution < 1.29 is 4.74 Å². The normalized spacial score (nSPS) is 10.5. The fourth-order valence-electron chi connectivity index (χ4n) is 1.89. The predicted molar refractivity (Wildman–Crippen MR) is 81.5 cm³/mol. The third kappa shape index (κ3) is 3.89. The van der Waals surface area contributed by atoms with Gasteiger partial charge in [0.25, 0.3) is 0 Å². The van der Waals surface area contributed by atoms with Gasteiger partial charge in [0.1, 0.15) is 11.5 Å². The fourth-order valence-corrected chi connectivity index (χ4v) is 2.30. The SMILES string of the molecule is CCCc1ccc(Oc2ccc(Cl)cc2CCl)cc1. The van der Waals surface area contributed by atoms with E-state index in [1.165, 1.54) is 5.56 Å². The molecule has 0 aliphatic carbocycles. The Morgan fingerprint density at radius 1 is 1.05 bits per heavy atom. The molecule has 0 aromatic heterocycles. The zero-order valence-electron chi connectivity index (χ0n) is 10.8. The molecule has 0 unspecified atom stereocenters. The van der Waals surface area contributed by atoms with Gasteiger partial charge in [0.15, 0.2) is 0 Å². The van der Waals surface area contributed by atoms with Crippen LogP contribution in [0.2, 0.25) is 5.02 Å². The molecule has 1 nitrogen and oxygen atoms in total. The molecular weight excluding hydrogens is 279 g/mol. The van der Waals surface area contributed by atoms with Crippen molar-refractivity contribution in [1.29, 1.82) is 0 Å². The minimum absolute atomic E-state index is 0.379. The van der Waals surface area contributed by atoms with Crippen LogP contribution in [-0.2, 0) is 12.3 Å². The summed E-state index contributed by atoms with van der Waals surface area (Å²) in [5.41, 5.74) is 2.22. The van der Waals surface area contributed by atoms with E-state index in [1.54, 1.807) is 6.07 Å². The predicted octanol–water partition coefficient (Wildman–Crippen LogP) is 5.82. The van der Waals surface area contributed by atoms with Gasteiger partial charge in [0.2, 0.25) is 0 Å². The van der Waals surface area contributed by atoms with E-state index in [2.05, 4.69) is 19.1 Å². The van der Waals surface area contributed by atoms with Gasteiger partial charge in [-0.1, -0.05) is 37.1 Å². The lowest BCUT2D eigenvalue weighted by atomic mass is 10.1. The first-order valence-corrected chi connectivity index (χ1v) is 7.25. The summed E-state index contributed by atoms with van der Waals surface area (Å²) in [5.74, 6) is 1.94. The topological polar surface area (TPSA) is 9.23 Å². The first-order valence-electron chi connectivity index (χ1n) is 6.34. The van der Waals surface area contributed by atoms with Crippen LogP contribution in [0.1, 0.15) is 24.5 Å². The van der Waals surface area contributed by atoms with Crippen LogP contribution in [0, 0.1) is 0 Å². The van der Waals surface area contributed by atoms with Gasteiger partial charge in [-0.05, 0) is 42.3 Å². The lowest BCUT2D eigenvalue weighted by Gasteiger charge is -2.10. The molecule has 0 radical (unpaired) electrons. The van der Waals surface area contributed by atoms with Gasteiger partial charge in [0.05, 0.1) is 5.88 Å². The van der Waals surface area contributed by atoms with Crippen LogP contribution in [-0.4, -0.2) is 0 Å². The average molecular weight is 295 g/mol. The molecule has 2 aromatic carbocycles. The Morgan fingerprint density at radius 2 is 1.79 bits per heavy atom. The first kappa shape index (κ1) is 14.2. The monoisotopic (exact) mass is 294 g/mol. The van der Waals surface area contributed by atoms with Crippen LogP contribution in [0.25, 0.3) is 0 Å². The molecule has 0 heterocycles. The molecule has 3 heteroatoms. The highest BCUT2D eigenvalue weighted by Gasteiger charge is 2.05. The number of ether oxygens (including phenoxy) is 1. The summed E-state index contributed by atoms with van der Waals surface area (Å²) < 4.78 is 5.85. The third-order valence-corrected chi connectivity index (χ3v) is 3.38. The van der Waals surface area contributed by atoms with E-state index in [0.29, 0.717) is 10.9 Å². The van der Waals surface area contributed by atoms with Crippen molar-refractivity contribution in [3.63, 3.8) is 0 Å². The van der Waals surface area contributed by atoms with Crippen molar-refractivity contribution in [2.75, 3.05) is 0 Å². The Kier molecular flexibility index (Phi) is 5.12. The number of alkyl halides is 1. The van der Waals surface area contributed by atoms with E-state index < -0.39 is 0 Å². The minimum Gasteiger partial charge on any atom is -0.457 e. The second kappa shape index (κ2) is 6.83. The standard InChI is InChI=1S/C16H16Cl2O/c1-2-3-12-4-7-15(8-5-12)19-16-9-6-14(18)10-13(16)11-17/h4-10H,2-3,11H2,1H3. The molecule has 0 N–H and O–H groups in total. The molecule has 100 valence electrons. The highest BCUT2D eigenvalue weighted by Crippen LogP contribution is 2.29. The van der Waals surface area contributed by atoms with E-state index >= 15 is 0 Å². The number of benzene rings is 2. The molecule has 2 aromatic rings. The van der Waals surface area contributed by atoms with E-state index in [1.807, 2.05) is 24.3 Å². The number of rotatable bonds is 5. The van der Waals surface area contributed by atoms with E-state index in [0.717, 1.165) is 29.9 Å². The summed E-state index contributed by atoms with van der Waals surface area (Å²) in [7, 11) is 0. The molecule has 0 saturated carbocycles. The van der Waals surface area contributed by atoms with E-state index in [4.69, 9.17) is 27.9 Å². The number of hydrogen-bond acceptors (Lipinski definition) is 1. The van der Waals surface area contributed by atoms with Crippen LogP contribution >= 0.6 is 23.2 Å². The maximum atomic E-state index is 5.94. The second-order valence-corrected chi connectivity index (χ2v) is 5.09. The molecule has 0 aliphatic heterocycles. The van der Waals surface area contributed by atoms with Gasteiger partial charge in [-0.25, -0.2) is 0 Å². The maximum absolute atomic E-state index is 5.94. The zero-order chi connectivity index (χ0) is 13.7. The summed E-state index contributed by atoms with van der Waals surface area (Å²) in [6.45, 7) is 2.17. The van der Waals surface area contributed by atoms with Crippen LogP contribution in [0.3, 0.4) is 0 Å². The molecular formula is C16H16Cl2O. The largest absolute Gasteiger partial charge is 0.457 e. The Hall–Kier alpha value is -1.18. The smallest absolute Gasteiger partial charge is 0.131 e. The number of hydrogen-bond donors (Lipinski definition) is 0. The first-order chi connectivity index (χ1) is 9.22. The van der Waals surface area contributed by atoms with Crippen molar-refractivity contribution in [3.8, 4) is 11.5 Å². The molecule has 0 fully saturated rings. The summed E-state index contributed by atoms with van der Waals surface area (Å²) in [4.78, 5) is 0. The molecule has 0 bridgehead atoms. The molecule has 0 amide bonds. The maximum Gasteiger partial charge on any atom is 0.131 e. The van der Waals surface area contributed by atoms with Gasteiger partial charge in [0, 0.05) is 10.6 Å². The number of halogens is 2. The highest BCUT2D eigenvalue weighted by molar-refractivity contribution is 6.30. The Morgan fingerprint density at radius 3 is 2.42 bits per heavy atom. The molecule has 0 saturated heterocycles. The lowest BCUT2D eigenvalue weighted by molar-refractivity contribution is 0.478. The second-order valence-electron chi connectivity index (χ2n) is 4.38. The van der Waals surface area contributed by atoms with E-state index in [9.17, 15) is 0 Å². The zero-order valence-corrected chi connectivity index (χ0v) is 12.3. The van der Waals surface area contributed by atoms with Gasteiger partial charge >= 0.3 is 0 Å². The fraction of sp³-hybridized carbons (Fsp3) is 0.250. The summed E-state index contributed by atoms with van der Waals surface area (Å²) in [6.07, 6.45) is 2.24. The highest BCUT2D eigenvalue weighted by atomic mass is 35.5.